The molecule has 1 unspecified atom stereocenters. The molecule has 2 amide bonds. The fraction of sp³-hybridized carbons (Fsp3) is 0.679. The van der Waals surface area contributed by atoms with Crippen molar-refractivity contribution in [3.63, 3.8) is 0 Å². The van der Waals surface area contributed by atoms with E-state index in [2.05, 4.69) is 33.7 Å². The number of nitrogens with zero attached hydrogens (tertiary/aromatic N) is 3. The lowest BCUT2D eigenvalue weighted by Crippen LogP contribution is -2.46. The molecule has 7 nitrogen and oxygen atoms in total. The molecule has 1 spiro atoms. The van der Waals surface area contributed by atoms with Crippen molar-refractivity contribution in [1.82, 2.24) is 25.3 Å². The maximum atomic E-state index is 12.4. The number of rotatable bonds is 3. The first-order valence-corrected chi connectivity index (χ1v) is 13.8. The number of hydrogen-bond donors (Lipinski definition) is 2. The third kappa shape index (κ3) is 4.42. The molecule has 4 aliphatic rings. The van der Waals surface area contributed by atoms with Crippen LogP contribution in [0.1, 0.15) is 87.3 Å². The van der Waals surface area contributed by atoms with Crippen LogP contribution in [0.3, 0.4) is 0 Å². The molecule has 188 valence electrons. The van der Waals surface area contributed by atoms with Gasteiger partial charge in [0.25, 0.3) is 0 Å². The van der Waals surface area contributed by atoms with Gasteiger partial charge >= 0.3 is 0 Å². The molecule has 2 N–H and O–H groups in total. The van der Waals surface area contributed by atoms with Crippen LogP contribution in [0.2, 0.25) is 0 Å². The van der Waals surface area contributed by atoms with Gasteiger partial charge in [-0.1, -0.05) is 12.1 Å². The highest BCUT2D eigenvalue weighted by molar-refractivity contribution is 6.02. The number of likely N-dealkylation sites (tertiary alicyclic amines) is 1. The third-order valence-electron chi connectivity index (χ3n) is 9.67. The van der Waals surface area contributed by atoms with E-state index in [9.17, 15) is 9.59 Å². The Morgan fingerprint density at radius 3 is 2.43 bits per heavy atom. The Bertz CT molecular complexity index is 1100. The number of hydrogen-bond acceptors (Lipinski definition) is 5. The molecule has 0 radical (unpaired) electrons. The maximum Gasteiger partial charge on any atom is 0.235 e. The predicted octanol–water partition coefficient (Wildman–Crippen LogP) is 3.59. The highest BCUT2D eigenvalue weighted by Gasteiger charge is 2.38. The fourth-order valence-electron chi connectivity index (χ4n) is 7.40. The van der Waals surface area contributed by atoms with Gasteiger partial charge in [-0.3, -0.25) is 19.6 Å². The van der Waals surface area contributed by atoms with Gasteiger partial charge in [-0.25, -0.2) is 0 Å². The summed E-state index contributed by atoms with van der Waals surface area (Å²) in [5, 5.41) is 11.8. The first-order valence-electron chi connectivity index (χ1n) is 13.8. The Hall–Kier alpha value is -2.25. The fourth-order valence-corrected chi connectivity index (χ4v) is 7.40. The minimum Gasteiger partial charge on any atom is -0.317 e. The molecule has 1 saturated carbocycles. The van der Waals surface area contributed by atoms with E-state index in [0.29, 0.717) is 24.2 Å². The number of carbonyl (C=O) groups excluding carboxylic acids is 2. The number of carbonyl (C=O) groups is 2. The summed E-state index contributed by atoms with van der Waals surface area (Å²) >= 11 is 0. The Balaban J connectivity index is 1.10. The standard InChI is InChI=1S/C28H39N5O2/c1-32-24-18-20(2-3-22(24)26(31-32)23-4-5-25(34)30-27(23)35)19-8-16-33(17-9-19)21-6-10-28(11-7-21)12-14-29-15-13-28/h2-3,18-19,21,23,29H,4-17H2,1H3,(H,30,34,35). The molecule has 3 aliphatic heterocycles. The van der Waals surface area contributed by atoms with Gasteiger partial charge in [-0.05, 0) is 107 Å². The number of nitrogens with one attached hydrogen (secondary N) is 2. The summed E-state index contributed by atoms with van der Waals surface area (Å²) in [5.74, 6) is -0.153. The van der Waals surface area contributed by atoms with E-state index in [1.54, 1.807) is 0 Å². The van der Waals surface area contributed by atoms with Crippen LogP contribution >= 0.6 is 0 Å². The average Bonchev–Trinajstić information content (AvgIpc) is 3.21. The topological polar surface area (TPSA) is 79.3 Å². The minimum absolute atomic E-state index is 0.181. The van der Waals surface area contributed by atoms with Crippen LogP contribution in [-0.2, 0) is 16.6 Å². The van der Waals surface area contributed by atoms with Crippen molar-refractivity contribution in [1.29, 1.82) is 0 Å². The van der Waals surface area contributed by atoms with Gasteiger partial charge < -0.3 is 10.2 Å². The number of fused-ring (bicyclic) bond motifs is 1. The van der Waals surface area contributed by atoms with Crippen LogP contribution in [0.25, 0.3) is 10.9 Å². The molecule has 3 saturated heterocycles. The lowest BCUT2D eigenvalue weighted by Gasteiger charge is -2.47. The zero-order valence-corrected chi connectivity index (χ0v) is 21.0. The number of aryl methyl sites for hydroxylation is 1. The van der Waals surface area contributed by atoms with Crippen LogP contribution in [0.5, 0.6) is 0 Å². The minimum atomic E-state index is -0.343. The Morgan fingerprint density at radius 1 is 0.971 bits per heavy atom. The molecular formula is C28H39N5O2. The molecular weight excluding hydrogens is 438 g/mol. The van der Waals surface area contributed by atoms with E-state index in [1.807, 2.05) is 11.7 Å². The van der Waals surface area contributed by atoms with Gasteiger partial charge in [-0.15, -0.1) is 0 Å². The molecule has 7 heteroatoms. The Kier molecular flexibility index (Phi) is 6.17. The molecule has 2 aromatic rings. The summed E-state index contributed by atoms with van der Waals surface area (Å²) in [4.78, 5) is 26.8. The lowest BCUT2D eigenvalue weighted by molar-refractivity contribution is -0.134. The van der Waals surface area contributed by atoms with Crippen molar-refractivity contribution in [3.05, 3.63) is 29.5 Å². The van der Waals surface area contributed by atoms with Crippen LogP contribution < -0.4 is 10.6 Å². The summed E-state index contributed by atoms with van der Waals surface area (Å²) in [6.45, 7) is 4.84. The normalized spacial score (nSPS) is 26.9. The quantitative estimate of drug-likeness (QED) is 0.661. The second kappa shape index (κ2) is 9.32. The van der Waals surface area contributed by atoms with E-state index in [1.165, 1.54) is 83.1 Å². The van der Waals surface area contributed by atoms with E-state index >= 15 is 0 Å². The van der Waals surface area contributed by atoms with Gasteiger partial charge in [0.05, 0.1) is 17.1 Å². The molecule has 1 atom stereocenters. The Morgan fingerprint density at radius 2 is 1.71 bits per heavy atom. The highest BCUT2D eigenvalue weighted by atomic mass is 16.2. The molecule has 35 heavy (non-hydrogen) atoms. The Labute approximate surface area is 208 Å². The number of amides is 2. The zero-order valence-electron chi connectivity index (χ0n) is 21.0. The molecule has 4 fully saturated rings. The van der Waals surface area contributed by atoms with E-state index in [4.69, 9.17) is 5.10 Å². The van der Waals surface area contributed by atoms with Gasteiger partial charge in [-0.2, -0.15) is 5.10 Å². The number of piperidine rings is 3. The number of benzene rings is 1. The van der Waals surface area contributed by atoms with Crippen LogP contribution in [0, 0.1) is 5.41 Å². The monoisotopic (exact) mass is 477 g/mol. The molecule has 0 bridgehead atoms. The first kappa shape index (κ1) is 23.2. The second-order valence-electron chi connectivity index (χ2n) is 11.6. The maximum absolute atomic E-state index is 12.4. The summed E-state index contributed by atoms with van der Waals surface area (Å²) in [7, 11) is 1.96. The largest absolute Gasteiger partial charge is 0.317 e. The summed E-state index contributed by atoms with van der Waals surface area (Å²) in [5.41, 5.74) is 3.93. The van der Waals surface area contributed by atoms with E-state index < -0.39 is 0 Å². The van der Waals surface area contributed by atoms with Crippen molar-refractivity contribution >= 4 is 22.7 Å². The third-order valence-corrected chi connectivity index (χ3v) is 9.67. The molecule has 4 heterocycles. The van der Waals surface area contributed by atoms with Crippen LogP contribution in [0.15, 0.2) is 18.2 Å². The van der Waals surface area contributed by atoms with E-state index in [0.717, 1.165) is 22.6 Å². The van der Waals surface area contributed by atoms with Crippen molar-refractivity contribution in [2.75, 3.05) is 26.2 Å². The summed E-state index contributed by atoms with van der Waals surface area (Å²) in [6.07, 6.45) is 11.7. The molecule has 1 aromatic carbocycles. The van der Waals surface area contributed by atoms with Crippen molar-refractivity contribution in [3.8, 4) is 0 Å². The number of imide groups is 1. The SMILES string of the molecule is Cn1nc(C2CCC(=O)NC2=O)c2ccc(C3CCN(C4CCC5(CCNCC5)CC4)CC3)cc21. The smallest absolute Gasteiger partial charge is 0.235 e. The van der Waals surface area contributed by atoms with Gasteiger partial charge in [0.1, 0.15) is 0 Å². The van der Waals surface area contributed by atoms with Gasteiger partial charge in [0.15, 0.2) is 0 Å². The molecule has 6 rings (SSSR count). The lowest BCUT2D eigenvalue weighted by atomic mass is 9.67. The first-order chi connectivity index (χ1) is 17.0. The molecule has 1 aromatic heterocycles. The second-order valence-corrected chi connectivity index (χ2v) is 11.6. The predicted molar refractivity (Wildman–Crippen MR) is 136 cm³/mol. The van der Waals surface area contributed by atoms with Gasteiger partial charge in [0, 0.05) is 24.9 Å². The highest BCUT2D eigenvalue weighted by Crippen LogP contribution is 2.45. The van der Waals surface area contributed by atoms with E-state index in [-0.39, 0.29) is 17.7 Å². The number of aromatic nitrogens is 2. The molecule has 1 aliphatic carbocycles. The van der Waals surface area contributed by atoms with Gasteiger partial charge in [0.2, 0.25) is 11.8 Å². The average molecular weight is 478 g/mol. The van der Waals surface area contributed by atoms with Crippen molar-refractivity contribution < 1.29 is 9.59 Å². The van der Waals surface area contributed by atoms with Crippen molar-refractivity contribution in [2.45, 2.75) is 82.1 Å². The zero-order chi connectivity index (χ0) is 24.0. The summed E-state index contributed by atoms with van der Waals surface area (Å²) in [6, 6.07) is 7.48. The van der Waals surface area contributed by atoms with Crippen LogP contribution in [-0.4, -0.2) is 58.7 Å². The van der Waals surface area contributed by atoms with Crippen LogP contribution in [0.4, 0.5) is 0 Å². The summed E-state index contributed by atoms with van der Waals surface area (Å²) < 4.78 is 1.91. The van der Waals surface area contributed by atoms with Crippen molar-refractivity contribution in [2.24, 2.45) is 12.5 Å².